The first-order valence-corrected chi connectivity index (χ1v) is 20.8. The second-order valence-corrected chi connectivity index (χ2v) is 16.2. The molecule has 1 aliphatic rings. The Hall–Kier alpha value is -1.67. The Morgan fingerprint density at radius 3 is 1.30 bits per heavy atom. The van der Waals surface area contributed by atoms with Crippen LogP contribution in [0.3, 0.4) is 0 Å². The first-order chi connectivity index (χ1) is 24.0. The molecule has 0 spiro atoms. The van der Waals surface area contributed by atoms with E-state index in [9.17, 15) is 19.5 Å². The zero-order chi connectivity index (χ0) is 37.0. The minimum atomic E-state index is -1.01. The highest BCUT2D eigenvalue weighted by Crippen LogP contribution is 2.27. The van der Waals surface area contributed by atoms with Gasteiger partial charge in [0.05, 0.1) is 13.2 Å². The summed E-state index contributed by atoms with van der Waals surface area (Å²) in [6.07, 6.45) is 20.2. The lowest BCUT2D eigenvalue weighted by Crippen LogP contribution is -2.46. The molecule has 294 valence electrons. The van der Waals surface area contributed by atoms with Crippen molar-refractivity contribution >= 4 is 17.9 Å². The molecule has 0 aromatic carbocycles. The Labute approximate surface area is 306 Å². The molecule has 1 fully saturated rings. The summed E-state index contributed by atoms with van der Waals surface area (Å²) in [4.78, 5) is 38.6. The molecule has 8 heteroatoms. The van der Waals surface area contributed by atoms with E-state index < -0.39 is 37.0 Å². The van der Waals surface area contributed by atoms with Gasteiger partial charge >= 0.3 is 17.9 Å². The maximum Gasteiger partial charge on any atom is 0.306 e. The van der Waals surface area contributed by atoms with Crippen LogP contribution in [0.5, 0.6) is 0 Å². The van der Waals surface area contributed by atoms with Crippen molar-refractivity contribution in [3.8, 4) is 0 Å². The number of hydrogen-bond donors (Lipinski definition) is 1. The lowest BCUT2D eigenvalue weighted by atomic mass is 10.0. The van der Waals surface area contributed by atoms with Crippen LogP contribution in [0.15, 0.2) is 0 Å². The van der Waals surface area contributed by atoms with Crippen LogP contribution in [0.1, 0.15) is 196 Å². The highest BCUT2D eigenvalue weighted by atomic mass is 16.6. The van der Waals surface area contributed by atoms with Crippen LogP contribution in [0.2, 0.25) is 0 Å². The molecule has 0 aromatic rings. The SMILES string of the molecule is CC(C)CCCCCCCCC(=O)O[C@H]1[C@@H]([C@@H](CO)OC(=O)CCCCCCCCC(C)C)OC[C@@H]1OC(=O)CCCCCCCCC(C)C. The van der Waals surface area contributed by atoms with Crippen LogP contribution in [-0.2, 0) is 33.3 Å². The van der Waals surface area contributed by atoms with Gasteiger partial charge in [0.15, 0.2) is 18.3 Å². The molecule has 0 aromatic heterocycles. The van der Waals surface area contributed by atoms with E-state index in [1.54, 1.807) is 0 Å². The van der Waals surface area contributed by atoms with Gasteiger partial charge in [-0.05, 0) is 37.0 Å². The molecular formula is C42H78O8. The van der Waals surface area contributed by atoms with Gasteiger partial charge in [-0.1, -0.05) is 157 Å². The minimum absolute atomic E-state index is 0.0193. The van der Waals surface area contributed by atoms with Crippen molar-refractivity contribution in [1.82, 2.24) is 0 Å². The summed E-state index contributed by atoms with van der Waals surface area (Å²) in [6.45, 7) is 13.0. The zero-order valence-electron chi connectivity index (χ0n) is 33.2. The van der Waals surface area contributed by atoms with Gasteiger partial charge in [0.1, 0.15) is 6.10 Å². The quantitative estimate of drug-likeness (QED) is 0.0417. The van der Waals surface area contributed by atoms with Crippen LogP contribution in [-0.4, -0.2) is 60.6 Å². The Balaban J connectivity index is 2.62. The molecule has 4 atom stereocenters. The van der Waals surface area contributed by atoms with Crippen molar-refractivity contribution in [2.24, 2.45) is 17.8 Å². The van der Waals surface area contributed by atoms with Gasteiger partial charge < -0.3 is 24.1 Å². The van der Waals surface area contributed by atoms with E-state index in [0.717, 1.165) is 82.0 Å². The van der Waals surface area contributed by atoms with Crippen LogP contribution < -0.4 is 0 Å². The summed E-state index contributed by atoms with van der Waals surface area (Å²) in [5.74, 6) is 1.07. The Bertz CT molecular complexity index is 857. The number of aliphatic hydroxyl groups excluding tert-OH is 1. The molecule has 1 aliphatic heterocycles. The van der Waals surface area contributed by atoms with E-state index >= 15 is 0 Å². The first kappa shape index (κ1) is 46.4. The van der Waals surface area contributed by atoms with Crippen LogP contribution in [0.4, 0.5) is 0 Å². The fraction of sp³-hybridized carbons (Fsp3) is 0.929. The van der Waals surface area contributed by atoms with Gasteiger partial charge in [0, 0.05) is 19.3 Å². The van der Waals surface area contributed by atoms with Crippen molar-refractivity contribution in [1.29, 1.82) is 0 Å². The van der Waals surface area contributed by atoms with Gasteiger partial charge in [0.25, 0.3) is 0 Å². The number of carbonyl (C=O) groups excluding carboxylic acids is 3. The van der Waals surface area contributed by atoms with Crippen LogP contribution >= 0.6 is 0 Å². The van der Waals surface area contributed by atoms with Crippen LogP contribution in [0.25, 0.3) is 0 Å². The molecule has 0 unspecified atom stereocenters. The third-order valence-electron chi connectivity index (χ3n) is 9.76. The average Bonchev–Trinajstić information content (AvgIpc) is 3.43. The molecule has 1 N–H and O–H groups in total. The highest BCUT2D eigenvalue weighted by molar-refractivity contribution is 5.71. The zero-order valence-corrected chi connectivity index (χ0v) is 33.2. The molecular weight excluding hydrogens is 632 g/mol. The van der Waals surface area contributed by atoms with E-state index in [4.69, 9.17) is 18.9 Å². The molecule has 0 aliphatic carbocycles. The molecule has 0 amide bonds. The summed E-state index contributed by atoms with van der Waals surface area (Å²) in [5, 5.41) is 10.2. The van der Waals surface area contributed by atoms with E-state index in [0.29, 0.717) is 6.42 Å². The topological polar surface area (TPSA) is 108 Å². The van der Waals surface area contributed by atoms with E-state index in [-0.39, 0.29) is 31.4 Å². The Morgan fingerprint density at radius 2 is 0.900 bits per heavy atom. The second kappa shape index (κ2) is 29.9. The first-order valence-electron chi connectivity index (χ1n) is 20.8. The summed E-state index contributed by atoms with van der Waals surface area (Å²) in [6, 6.07) is 0. The smallest absolute Gasteiger partial charge is 0.306 e. The van der Waals surface area contributed by atoms with Gasteiger partial charge in [-0.3, -0.25) is 14.4 Å². The van der Waals surface area contributed by atoms with Crippen molar-refractivity contribution in [3.05, 3.63) is 0 Å². The second-order valence-electron chi connectivity index (χ2n) is 16.2. The number of hydrogen-bond acceptors (Lipinski definition) is 8. The Morgan fingerprint density at radius 1 is 0.540 bits per heavy atom. The fourth-order valence-corrected chi connectivity index (χ4v) is 6.63. The number of carbonyl (C=O) groups is 3. The largest absolute Gasteiger partial charge is 0.457 e. The third-order valence-corrected chi connectivity index (χ3v) is 9.76. The van der Waals surface area contributed by atoms with E-state index in [2.05, 4.69) is 41.5 Å². The lowest BCUT2D eigenvalue weighted by molar-refractivity contribution is -0.175. The number of unbranched alkanes of at least 4 members (excludes halogenated alkanes) is 15. The van der Waals surface area contributed by atoms with Gasteiger partial charge in [-0.2, -0.15) is 0 Å². The highest BCUT2D eigenvalue weighted by Gasteiger charge is 2.47. The standard InChI is InChI=1S/C42H78O8/c1-33(2)25-19-13-7-10-16-22-28-38(44)48-36(31-43)41-42(50-40(46)30-24-18-12-9-15-21-27-35(5)6)37(32-47-41)49-39(45)29-23-17-11-8-14-20-26-34(3)4/h33-37,41-43H,7-32H2,1-6H3/t36-,37+,41-,42-/m1/s1. The number of aliphatic hydroxyl groups is 1. The molecule has 8 nitrogen and oxygen atoms in total. The predicted octanol–water partition coefficient (Wildman–Crippen LogP) is 10.4. The van der Waals surface area contributed by atoms with Gasteiger partial charge in [-0.15, -0.1) is 0 Å². The molecule has 1 rings (SSSR count). The van der Waals surface area contributed by atoms with Crippen molar-refractivity contribution < 1.29 is 38.4 Å². The summed E-state index contributed by atoms with van der Waals surface area (Å²) >= 11 is 0. The molecule has 0 saturated carbocycles. The summed E-state index contributed by atoms with van der Waals surface area (Å²) in [7, 11) is 0. The summed E-state index contributed by atoms with van der Waals surface area (Å²) < 4.78 is 23.3. The lowest BCUT2D eigenvalue weighted by Gasteiger charge is -2.28. The minimum Gasteiger partial charge on any atom is -0.457 e. The number of rotatable bonds is 32. The van der Waals surface area contributed by atoms with Gasteiger partial charge in [-0.25, -0.2) is 0 Å². The van der Waals surface area contributed by atoms with E-state index in [1.807, 2.05) is 0 Å². The molecule has 1 heterocycles. The maximum absolute atomic E-state index is 13.0. The normalized spacial score (nSPS) is 18.2. The molecule has 1 saturated heterocycles. The number of esters is 3. The van der Waals surface area contributed by atoms with Gasteiger partial charge in [0.2, 0.25) is 0 Å². The Kier molecular flexibility index (Phi) is 27.7. The fourth-order valence-electron chi connectivity index (χ4n) is 6.63. The molecule has 0 bridgehead atoms. The monoisotopic (exact) mass is 711 g/mol. The predicted molar refractivity (Wildman–Crippen MR) is 202 cm³/mol. The molecule has 0 radical (unpaired) electrons. The summed E-state index contributed by atoms with van der Waals surface area (Å²) in [5.41, 5.74) is 0. The van der Waals surface area contributed by atoms with Crippen molar-refractivity contribution in [2.75, 3.05) is 13.2 Å². The average molecular weight is 711 g/mol. The van der Waals surface area contributed by atoms with Crippen molar-refractivity contribution in [3.63, 3.8) is 0 Å². The van der Waals surface area contributed by atoms with Crippen LogP contribution in [0, 0.1) is 17.8 Å². The van der Waals surface area contributed by atoms with E-state index in [1.165, 1.54) is 70.6 Å². The maximum atomic E-state index is 13.0. The third kappa shape index (κ3) is 24.5. The van der Waals surface area contributed by atoms with Crippen molar-refractivity contribution in [2.45, 2.75) is 220 Å². The number of ether oxygens (including phenoxy) is 4. The molecule has 50 heavy (non-hydrogen) atoms.